The minimum absolute atomic E-state index is 0.159. The lowest BCUT2D eigenvalue weighted by Gasteiger charge is -2.15. The Bertz CT molecular complexity index is 315. The van der Waals surface area contributed by atoms with Gasteiger partial charge in [-0.3, -0.25) is 0 Å². The molecule has 0 atom stereocenters. The minimum Gasteiger partial charge on any atom is -0.0447 e. The van der Waals surface area contributed by atoms with Crippen LogP contribution in [-0.4, -0.2) is 0 Å². The summed E-state index contributed by atoms with van der Waals surface area (Å²) in [6.45, 7) is 4.45. The first kappa shape index (κ1) is 5.06. The molecule has 0 heteroatoms. The zero-order chi connectivity index (χ0) is 12.3. The molecule has 0 aliphatic rings. The summed E-state index contributed by atoms with van der Waals surface area (Å²) in [4.78, 5) is 0. The van der Waals surface area contributed by atoms with Crippen molar-refractivity contribution in [2.45, 2.75) is 41.4 Å². The summed E-state index contributed by atoms with van der Waals surface area (Å²) >= 11 is 0. The van der Waals surface area contributed by atoms with Crippen LogP contribution in [0.2, 0.25) is 0 Å². The zero-order valence-electron chi connectivity index (χ0n) is 11.8. The van der Waals surface area contributed by atoms with Gasteiger partial charge in [-0.15, -0.1) is 0 Å². The fourth-order valence-corrected chi connectivity index (χ4v) is 1.27. The summed E-state index contributed by atoms with van der Waals surface area (Å²) in [5.41, 5.74) is 5.41. The molecule has 0 unspecified atom stereocenters. The first-order valence-corrected chi connectivity index (χ1v) is 3.91. The van der Waals surface area contributed by atoms with Crippen molar-refractivity contribution in [3.8, 4) is 0 Å². The Balaban J connectivity index is 3.60. The Morgan fingerprint density at radius 2 is 0.833 bits per heavy atom. The highest BCUT2D eigenvalue weighted by Gasteiger charge is 2.07. The maximum atomic E-state index is 7.53. The van der Waals surface area contributed by atoms with Crippen molar-refractivity contribution in [1.29, 1.82) is 0 Å². The normalized spacial score (nSPS) is 14.8. The average Bonchev–Trinajstić information content (AvgIpc) is 2.30. The van der Waals surface area contributed by atoms with Crippen LogP contribution in [0.25, 0.3) is 0 Å². The molecule has 0 spiro atoms. The fraction of sp³-hybridized carbons (Fsp3) is 0.500. The lowest BCUT2D eigenvalue weighted by Crippen LogP contribution is -1.98. The summed E-state index contributed by atoms with van der Waals surface area (Å²) in [6.07, 6.45) is 0. The third-order valence-corrected chi connectivity index (χ3v) is 2.54. The van der Waals surface area contributed by atoms with Gasteiger partial charge >= 0.3 is 0 Å². The maximum Gasteiger partial charge on any atom is 0.0280 e. The maximum absolute atomic E-state index is 7.53. The van der Waals surface area contributed by atoms with Crippen LogP contribution < -0.4 is 0 Å². The van der Waals surface area contributed by atoms with E-state index in [-0.39, 0.29) is 27.6 Å². The van der Waals surface area contributed by atoms with Crippen molar-refractivity contribution in [1.82, 2.24) is 0 Å². The van der Waals surface area contributed by atoms with Crippen molar-refractivity contribution in [3.63, 3.8) is 0 Å². The van der Waals surface area contributed by atoms with Gasteiger partial charge in [0, 0.05) is 5.48 Å². The Labute approximate surface area is 81.2 Å². The summed E-state index contributed by atoms with van der Waals surface area (Å²) < 4.78 is 30.1. The van der Waals surface area contributed by atoms with Gasteiger partial charge in [0.15, 0.2) is 0 Å². The summed E-state index contributed by atoms with van der Waals surface area (Å²) in [5, 5.41) is 0. The first-order chi connectivity index (χ1) is 7.62. The molecule has 0 N–H and O–H groups in total. The van der Waals surface area contributed by atoms with E-state index in [1.165, 1.54) is 0 Å². The van der Waals surface area contributed by atoms with Gasteiger partial charge in [0.1, 0.15) is 0 Å². The minimum atomic E-state index is 0.159. The van der Waals surface area contributed by atoms with E-state index in [1.807, 2.05) is 13.8 Å². The standard InChI is InChI=1S/C12H18/c1-7-8(2)10(4)12(6)11(5)9(7)3/h1-6H3/i1D,2D,5D,6D. The van der Waals surface area contributed by atoms with E-state index < -0.39 is 0 Å². The molecule has 0 aliphatic carbocycles. The van der Waals surface area contributed by atoms with Crippen molar-refractivity contribution in [3.05, 3.63) is 33.4 Å². The predicted molar refractivity (Wildman–Crippen MR) is 54.9 cm³/mol. The quantitative estimate of drug-likeness (QED) is 0.553. The van der Waals surface area contributed by atoms with Gasteiger partial charge in [-0.1, -0.05) is 0 Å². The molecule has 0 fully saturated rings. The molecule has 1 rings (SSSR count). The van der Waals surface area contributed by atoms with E-state index in [4.69, 9.17) is 5.48 Å². The van der Waals surface area contributed by atoms with Crippen LogP contribution in [0, 0.1) is 41.4 Å². The highest BCUT2D eigenvalue weighted by Crippen LogP contribution is 2.24. The van der Waals surface area contributed by atoms with E-state index in [9.17, 15) is 0 Å². The molecular formula is C12H18. The van der Waals surface area contributed by atoms with E-state index in [2.05, 4.69) is 0 Å². The third-order valence-electron chi connectivity index (χ3n) is 2.54. The van der Waals surface area contributed by atoms with Gasteiger partial charge in [0.2, 0.25) is 0 Å². The average molecular weight is 166 g/mol. The van der Waals surface area contributed by atoms with Crippen molar-refractivity contribution >= 4 is 0 Å². The molecule has 1 aromatic rings. The van der Waals surface area contributed by atoms with E-state index in [1.54, 1.807) is 0 Å². The Morgan fingerprint density at radius 1 is 0.583 bits per heavy atom. The van der Waals surface area contributed by atoms with Gasteiger partial charge in [-0.2, -0.15) is 0 Å². The molecule has 1 aromatic carbocycles. The molecule has 0 aliphatic heterocycles. The monoisotopic (exact) mass is 166 g/mol. The van der Waals surface area contributed by atoms with Crippen LogP contribution in [0.3, 0.4) is 0 Å². The van der Waals surface area contributed by atoms with Crippen molar-refractivity contribution in [2.24, 2.45) is 0 Å². The SMILES string of the molecule is [2H]Cc1c(C)c(C[2H])c(C[2H])c(C)c1C[2H]. The Morgan fingerprint density at radius 3 is 1.00 bits per heavy atom. The molecule has 12 heavy (non-hydrogen) atoms. The topological polar surface area (TPSA) is 0 Å². The number of hydrogen-bond donors (Lipinski definition) is 0. The predicted octanol–water partition coefficient (Wildman–Crippen LogP) is 3.54. The summed E-state index contributed by atoms with van der Waals surface area (Å²) in [6, 6.07) is 0. The molecular weight excluding hydrogens is 144 g/mol. The van der Waals surface area contributed by atoms with Crippen molar-refractivity contribution in [2.75, 3.05) is 0 Å². The summed E-state index contributed by atoms with van der Waals surface area (Å²) in [5.74, 6) is 0. The molecule has 0 aromatic heterocycles. The van der Waals surface area contributed by atoms with Crippen LogP contribution in [0.15, 0.2) is 0 Å². The number of hydrogen-bond acceptors (Lipinski definition) is 0. The van der Waals surface area contributed by atoms with Crippen LogP contribution in [0.4, 0.5) is 0 Å². The van der Waals surface area contributed by atoms with Crippen molar-refractivity contribution < 1.29 is 5.48 Å². The second kappa shape index (κ2) is 2.93. The largest absolute Gasteiger partial charge is 0.0447 e. The zero-order valence-corrected chi connectivity index (χ0v) is 7.83. The Kier molecular flexibility index (Phi) is 1.24. The van der Waals surface area contributed by atoms with E-state index in [0.29, 0.717) is 0 Å². The van der Waals surface area contributed by atoms with Gasteiger partial charge in [-0.25, -0.2) is 0 Å². The molecule has 0 amide bonds. The lowest BCUT2D eigenvalue weighted by molar-refractivity contribution is 1.13. The molecule has 0 radical (unpaired) electrons. The second-order valence-electron chi connectivity index (χ2n) is 3.16. The molecule has 0 saturated carbocycles. The van der Waals surface area contributed by atoms with Crippen LogP contribution in [-0.2, 0) is 0 Å². The van der Waals surface area contributed by atoms with Crippen LogP contribution in [0.1, 0.15) is 38.9 Å². The van der Waals surface area contributed by atoms with Gasteiger partial charge in [-0.05, 0) is 74.8 Å². The smallest absolute Gasteiger partial charge is 0.0280 e. The highest BCUT2D eigenvalue weighted by molar-refractivity contribution is 5.48. The molecule has 0 heterocycles. The number of rotatable bonds is 0. The molecule has 0 bridgehead atoms. The van der Waals surface area contributed by atoms with Crippen LogP contribution in [0.5, 0.6) is 0 Å². The third kappa shape index (κ3) is 1.16. The summed E-state index contributed by atoms with van der Waals surface area (Å²) in [7, 11) is 0. The molecule has 0 nitrogen and oxygen atoms in total. The first-order valence-electron chi connectivity index (χ1n) is 6.74. The van der Waals surface area contributed by atoms with E-state index in [0.717, 1.165) is 33.4 Å². The fourth-order valence-electron chi connectivity index (χ4n) is 1.27. The lowest BCUT2D eigenvalue weighted by atomic mass is 9.90. The number of benzene rings is 1. The molecule has 66 valence electrons. The van der Waals surface area contributed by atoms with Crippen LogP contribution >= 0.6 is 0 Å². The van der Waals surface area contributed by atoms with Gasteiger partial charge < -0.3 is 0 Å². The van der Waals surface area contributed by atoms with Gasteiger partial charge in [0.25, 0.3) is 0 Å². The Hall–Kier alpha value is -0.780. The second-order valence-corrected chi connectivity index (χ2v) is 3.16. The van der Waals surface area contributed by atoms with E-state index >= 15 is 0 Å². The molecule has 0 saturated heterocycles. The van der Waals surface area contributed by atoms with Gasteiger partial charge in [0.05, 0.1) is 0 Å². The highest BCUT2D eigenvalue weighted by atomic mass is 14.1.